The molecule has 1 aliphatic rings. The van der Waals surface area contributed by atoms with Gasteiger partial charge in [0.2, 0.25) is 0 Å². The lowest BCUT2D eigenvalue weighted by atomic mass is 10.2. The van der Waals surface area contributed by atoms with Crippen LogP contribution >= 0.6 is 11.3 Å². The van der Waals surface area contributed by atoms with Crippen LogP contribution in [0.3, 0.4) is 0 Å². The molecular formula is C14H13F2N3OS. The van der Waals surface area contributed by atoms with Gasteiger partial charge in [-0.15, -0.1) is 11.3 Å². The van der Waals surface area contributed by atoms with Gasteiger partial charge in [-0.2, -0.15) is 0 Å². The summed E-state index contributed by atoms with van der Waals surface area (Å²) in [6.07, 6.45) is 1.77. The second-order valence-corrected chi connectivity index (χ2v) is 5.86. The van der Waals surface area contributed by atoms with E-state index in [9.17, 15) is 13.6 Å². The number of nitrogen functional groups attached to an aromatic ring is 1. The van der Waals surface area contributed by atoms with Gasteiger partial charge in [0.25, 0.3) is 5.91 Å². The second kappa shape index (κ2) is 5.40. The predicted molar refractivity (Wildman–Crippen MR) is 75.8 cm³/mol. The van der Waals surface area contributed by atoms with Crippen LogP contribution in [-0.2, 0) is 6.54 Å². The Balaban J connectivity index is 1.83. The normalized spacial score (nSPS) is 14.2. The van der Waals surface area contributed by atoms with Crippen molar-refractivity contribution in [1.82, 2.24) is 9.88 Å². The fourth-order valence-corrected chi connectivity index (χ4v) is 2.66. The largest absolute Gasteiger partial charge is 0.375 e. The minimum Gasteiger partial charge on any atom is -0.375 e. The van der Waals surface area contributed by atoms with Crippen LogP contribution in [0.15, 0.2) is 23.6 Å². The fourth-order valence-electron chi connectivity index (χ4n) is 2.12. The fraction of sp³-hybridized carbons (Fsp3) is 0.286. The van der Waals surface area contributed by atoms with E-state index in [1.54, 1.807) is 10.3 Å². The number of rotatable bonds is 4. The summed E-state index contributed by atoms with van der Waals surface area (Å²) in [6, 6.07) is 3.47. The van der Waals surface area contributed by atoms with Crippen molar-refractivity contribution in [1.29, 1.82) is 0 Å². The first-order valence-corrected chi connectivity index (χ1v) is 7.38. The first-order valence-electron chi connectivity index (χ1n) is 6.50. The molecule has 1 aromatic heterocycles. The summed E-state index contributed by atoms with van der Waals surface area (Å²) in [6.45, 7) is 0.104. The Morgan fingerprint density at radius 2 is 2.19 bits per heavy atom. The number of thiazole rings is 1. The van der Waals surface area contributed by atoms with Crippen molar-refractivity contribution in [3.8, 4) is 0 Å². The number of nitrogens with zero attached hydrogens (tertiary/aromatic N) is 2. The Morgan fingerprint density at radius 1 is 1.43 bits per heavy atom. The first-order chi connectivity index (χ1) is 10.0. The van der Waals surface area contributed by atoms with Crippen LogP contribution in [0.25, 0.3) is 0 Å². The van der Waals surface area contributed by atoms with Crippen LogP contribution in [0.2, 0.25) is 0 Å². The number of hydrogen-bond donors (Lipinski definition) is 1. The van der Waals surface area contributed by atoms with Gasteiger partial charge in [-0.05, 0) is 18.9 Å². The highest BCUT2D eigenvalue weighted by atomic mass is 32.1. The minimum atomic E-state index is -0.647. The smallest absolute Gasteiger partial charge is 0.273 e. The van der Waals surface area contributed by atoms with Crippen LogP contribution in [0, 0.1) is 11.6 Å². The second-order valence-electron chi connectivity index (χ2n) is 4.97. The van der Waals surface area contributed by atoms with Gasteiger partial charge in [-0.3, -0.25) is 4.79 Å². The van der Waals surface area contributed by atoms with E-state index in [0.717, 1.165) is 18.9 Å². The van der Waals surface area contributed by atoms with Crippen molar-refractivity contribution < 1.29 is 13.6 Å². The topological polar surface area (TPSA) is 59.2 Å². The van der Waals surface area contributed by atoms with E-state index >= 15 is 0 Å². The van der Waals surface area contributed by atoms with Gasteiger partial charge in [-0.1, -0.05) is 6.07 Å². The van der Waals surface area contributed by atoms with Gasteiger partial charge in [0.15, 0.2) is 5.13 Å². The van der Waals surface area contributed by atoms with Crippen LogP contribution in [-0.4, -0.2) is 21.8 Å². The van der Waals surface area contributed by atoms with Gasteiger partial charge in [-0.25, -0.2) is 13.8 Å². The molecular weight excluding hydrogens is 296 g/mol. The molecule has 0 aliphatic heterocycles. The van der Waals surface area contributed by atoms with Gasteiger partial charge in [0.05, 0.1) is 0 Å². The molecule has 1 heterocycles. The number of anilines is 1. The lowest BCUT2D eigenvalue weighted by Crippen LogP contribution is -2.33. The summed E-state index contributed by atoms with van der Waals surface area (Å²) in [7, 11) is 0. The molecule has 1 aromatic carbocycles. The van der Waals surface area contributed by atoms with Crippen molar-refractivity contribution >= 4 is 22.4 Å². The highest BCUT2D eigenvalue weighted by molar-refractivity contribution is 7.13. The monoisotopic (exact) mass is 309 g/mol. The zero-order chi connectivity index (χ0) is 15.0. The van der Waals surface area contributed by atoms with Crippen LogP contribution < -0.4 is 5.73 Å². The van der Waals surface area contributed by atoms with Gasteiger partial charge >= 0.3 is 0 Å². The van der Waals surface area contributed by atoms with Crippen molar-refractivity contribution in [2.75, 3.05) is 5.73 Å². The maximum atomic E-state index is 13.8. The Bertz CT molecular complexity index is 685. The molecule has 2 aromatic rings. The maximum absolute atomic E-state index is 13.8. The molecule has 0 radical (unpaired) electrons. The summed E-state index contributed by atoms with van der Waals surface area (Å²) < 4.78 is 26.7. The minimum absolute atomic E-state index is 0.0878. The van der Waals surface area contributed by atoms with E-state index in [1.807, 2.05) is 0 Å². The number of carbonyl (C=O) groups excluding carboxylic acids is 1. The number of carbonyl (C=O) groups is 1. The van der Waals surface area contributed by atoms with Crippen LogP contribution in [0.5, 0.6) is 0 Å². The van der Waals surface area contributed by atoms with E-state index in [-0.39, 0.29) is 24.2 Å². The third kappa shape index (κ3) is 3.02. The molecule has 1 fully saturated rings. The Hall–Kier alpha value is -2.02. The molecule has 3 rings (SSSR count). The molecule has 110 valence electrons. The van der Waals surface area contributed by atoms with Gasteiger partial charge in [0, 0.05) is 29.6 Å². The molecule has 0 atom stereocenters. The number of nitrogens with two attached hydrogens (primary N) is 1. The van der Waals surface area contributed by atoms with E-state index < -0.39 is 11.6 Å². The third-order valence-electron chi connectivity index (χ3n) is 3.35. The number of halogens is 2. The highest BCUT2D eigenvalue weighted by Crippen LogP contribution is 2.30. The molecule has 0 unspecified atom stereocenters. The van der Waals surface area contributed by atoms with E-state index in [2.05, 4.69) is 4.98 Å². The average Bonchev–Trinajstić information content (AvgIpc) is 3.18. The molecule has 1 amide bonds. The summed E-state index contributed by atoms with van der Waals surface area (Å²) in [5.74, 6) is -1.55. The molecule has 0 saturated heterocycles. The zero-order valence-corrected chi connectivity index (χ0v) is 11.9. The summed E-state index contributed by atoms with van der Waals surface area (Å²) >= 11 is 1.19. The van der Waals surface area contributed by atoms with Gasteiger partial charge in [0.1, 0.15) is 17.3 Å². The van der Waals surface area contributed by atoms with Crippen LogP contribution in [0.4, 0.5) is 13.9 Å². The molecule has 1 saturated carbocycles. The lowest BCUT2D eigenvalue weighted by molar-refractivity contribution is 0.0723. The van der Waals surface area contributed by atoms with Crippen molar-refractivity contribution in [2.24, 2.45) is 0 Å². The Morgan fingerprint density at radius 3 is 2.76 bits per heavy atom. The predicted octanol–water partition coefficient (Wildman–Crippen LogP) is 2.81. The Labute approximate surface area is 124 Å². The molecule has 0 spiro atoms. The van der Waals surface area contributed by atoms with Crippen molar-refractivity contribution in [2.45, 2.75) is 25.4 Å². The Kier molecular flexibility index (Phi) is 3.59. The molecule has 2 N–H and O–H groups in total. The molecule has 21 heavy (non-hydrogen) atoms. The summed E-state index contributed by atoms with van der Waals surface area (Å²) in [5, 5.41) is 1.91. The van der Waals surface area contributed by atoms with E-state index in [0.29, 0.717) is 10.7 Å². The number of amides is 1. The third-order valence-corrected chi connectivity index (χ3v) is 4.02. The van der Waals surface area contributed by atoms with Crippen LogP contribution in [0.1, 0.15) is 28.9 Å². The molecule has 0 bridgehead atoms. The first kappa shape index (κ1) is 13.9. The maximum Gasteiger partial charge on any atom is 0.273 e. The highest BCUT2D eigenvalue weighted by Gasteiger charge is 2.34. The standard InChI is InChI=1S/C14H13F2N3OS/c15-9-2-1-8(11(16)5-9)6-19(10-3-4-10)13(20)12-7-21-14(17)18-12/h1-2,5,7,10H,3-4,6H2,(H2,17,18). The number of aromatic nitrogens is 1. The quantitative estimate of drug-likeness (QED) is 0.945. The van der Waals surface area contributed by atoms with Crippen molar-refractivity contribution in [3.63, 3.8) is 0 Å². The molecule has 1 aliphatic carbocycles. The van der Waals surface area contributed by atoms with E-state index in [1.165, 1.54) is 23.5 Å². The lowest BCUT2D eigenvalue weighted by Gasteiger charge is -2.21. The number of hydrogen-bond acceptors (Lipinski definition) is 4. The van der Waals surface area contributed by atoms with Gasteiger partial charge < -0.3 is 10.6 Å². The summed E-state index contributed by atoms with van der Waals surface area (Å²) in [4.78, 5) is 18.0. The average molecular weight is 309 g/mol. The SMILES string of the molecule is Nc1nc(C(=O)N(Cc2ccc(F)cc2F)C2CC2)cs1. The van der Waals surface area contributed by atoms with E-state index in [4.69, 9.17) is 5.73 Å². The zero-order valence-electron chi connectivity index (χ0n) is 11.1. The number of benzene rings is 1. The molecule has 7 heteroatoms. The molecule has 4 nitrogen and oxygen atoms in total. The summed E-state index contributed by atoms with van der Waals surface area (Å²) in [5.41, 5.74) is 6.10. The van der Waals surface area contributed by atoms with Crippen molar-refractivity contribution in [3.05, 3.63) is 46.5 Å².